The number of hydrogen-bond donors (Lipinski definition) is 1. The molecule has 1 unspecified atom stereocenters. The summed E-state index contributed by atoms with van der Waals surface area (Å²) in [6, 6.07) is 1.17. The molecule has 2 aliphatic heterocycles. The number of nitrogens with zero attached hydrogens (tertiary/aromatic N) is 7. The van der Waals surface area contributed by atoms with E-state index in [4.69, 9.17) is 9.47 Å². The van der Waals surface area contributed by atoms with Crippen molar-refractivity contribution in [2.24, 2.45) is 0 Å². The van der Waals surface area contributed by atoms with E-state index in [0.717, 1.165) is 24.3 Å². The molecule has 1 saturated heterocycles. The van der Waals surface area contributed by atoms with Crippen LogP contribution < -0.4 is 15.4 Å². The van der Waals surface area contributed by atoms with Crippen LogP contribution in [-0.2, 0) is 41.5 Å². The fraction of sp³-hybridized carbons (Fsp3) is 0.500. The van der Waals surface area contributed by atoms with Gasteiger partial charge in [0.2, 0.25) is 5.95 Å². The molecule has 17 heteroatoms. The molecule has 0 spiro atoms. The highest BCUT2D eigenvalue weighted by atomic mass is 19.4. The van der Waals surface area contributed by atoms with Gasteiger partial charge in [-0.1, -0.05) is 0 Å². The highest BCUT2D eigenvalue weighted by molar-refractivity contribution is 5.53. The lowest BCUT2D eigenvalue weighted by Crippen LogP contribution is -2.49. The quantitative estimate of drug-likeness (QED) is 0.454. The maximum atomic E-state index is 13.6. The molecule has 0 aliphatic carbocycles. The summed E-state index contributed by atoms with van der Waals surface area (Å²) in [6.07, 6.45) is -6.94. The summed E-state index contributed by atoms with van der Waals surface area (Å²) < 4.78 is 92.0. The molecule has 1 fully saturated rings. The normalized spacial score (nSPS) is 18.4. The van der Waals surface area contributed by atoms with Crippen LogP contribution in [0.15, 0.2) is 29.5 Å². The number of fused-ring (bicyclic) bond motifs is 1. The lowest BCUT2D eigenvalue weighted by Gasteiger charge is -2.37. The number of morpholine rings is 1. The van der Waals surface area contributed by atoms with Gasteiger partial charge >= 0.3 is 12.4 Å². The van der Waals surface area contributed by atoms with Crippen LogP contribution in [0.25, 0.3) is 0 Å². The molecule has 5 rings (SSSR count). The zero-order valence-electron chi connectivity index (χ0n) is 20.2. The summed E-state index contributed by atoms with van der Waals surface area (Å²) in [5.74, 6) is 0.165. The SMILES string of the molecule is O=c1[nH]ncc(N2CCOCC2COCc2cc3n(n2)CCN(c2ncc(C(F)(F)F)cn2)C3)c1C(F)(F)F. The monoisotopic (exact) mass is 560 g/mol. The molecular weight excluding hydrogens is 538 g/mol. The van der Waals surface area contributed by atoms with Crippen LogP contribution in [0.1, 0.15) is 22.5 Å². The molecule has 5 heterocycles. The van der Waals surface area contributed by atoms with Gasteiger partial charge in [-0.25, -0.2) is 15.1 Å². The maximum Gasteiger partial charge on any atom is 0.423 e. The second-order valence-corrected chi connectivity index (χ2v) is 8.94. The standard InChI is InChI=1S/C22H22F6N8O3/c23-21(24,25)13-6-29-20(30-7-13)34-1-2-36-15(9-34)5-14(33-36)10-39-12-16-11-38-4-3-35(16)17-8-31-32-19(37)18(17)22(26,27)28/h5-8,16H,1-4,9-12H2,(H,32,37). The Morgan fingerprint density at radius 2 is 1.82 bits per heavy atom. The van der Waals surface area contributed by atoms with Gasteiger partial charge in [-0.15, -0.1) is 0 Å². The highest BCUT2D eigenvalue weighted by Gasteiger charge is 2.40. The van der Waals surface area contributed by atoms with Crippen molar-refractivity contribution in [3.63, 3.8) is 0 Å². The molecule has 0 aromatic carbocycles. The summed E-state index contributed by atoms with van der Waals surface area (Å²) in [6.45, 7) is 1.62. The van der Waals surface area contributed by atoms with Crippen LogP contribution in [0.4, 0.5) is 38.0 Å². The fourth-order valence-electron chi connectivity index (χ4n) is 4.49. The number of rotatable bonds is 6. The topological polar surface area (TPSA) is 114 Å². The van der Waals surface area contributed by atoms with E-state index in [1.807, 2.05) is 5.10 Å². The van der Waals surface area contributed by atoms with Gasteiger partial charge in [-0.3, -0.25) is 9.48 Å². The van der Waals surface area contributed by atoms with E-state index in [0.29, 0.717) is 25.3 Å². The van der Waals surface area contributed by atoms with Crippen molar-refractivity contribution in [2.45, 2.75) is 38.1 Å². The number of hydrogen-bond acceptors (Lipinski definition) is 9. The smallest absolute Gasteiger partial charge is 0.377 e. The van der Waals surface area contributed by atoms with Crippen LogP contribution in [0.2, 0.25) is 0 Å². The number of nitrogens with one attached hydrogen (secondary N) is 1. The average molecular weight is 560 g/mol. The van der Waals surface area contributed by atoms with Gasteiger partial charge in [-0.2, -0.15) is 36.5 Å². The number of aromatic amines is 1. The molecule has 210 valence electrons. The van der Waals surface area contributed by atoms with Crippen LogP contribution in [0.5, 0.6) is 0 Å². The van der Waals surface area contributed by atoms with E-state index in [2.05, 4.69) is 20.2 Å². The maximum absolute atomic E-state index is 13.6. The van der Waals surface area contributed by atoms with Crippen molar-refractivity contribution >= 4 is 11.6 Å². The first-order chi connectivity index (χ1) is 18.5. The van der Waals surface area contributed by atoms with E-state index >= 15 is 0 Å². The summed E-state index contributed by atoms with van der Waals surface area (Å²) >= 11 is 0. The minimum atomic E-state index is -4.87. The molecule has 0 amide bonds. The van der Waals surface area contributed by atoms with E-state index < -0.39 is 35.1 Å². The van der Waals surface area contributed by atoms with E-state index in [1.165, 1.54) is 4.90 Å². The summed E-state index contributed by atoms with van der Waals surface area (Å²) in [5.41, 5.74) is -2.59. The molecule has 3 aromatic rings. The lowest BCUT2D eigenvalue weighted by molar-refractivity contribution is -0.139. The predicted molar refractivity (Wildman–Crippen MR) is 122 cm³/mol. The molecule has 0 radical (unpaired) electrons. The number of alkyl halides is 6. The number of anilines is 2. The van der Waals surface area contributed by atoms with Gasteiger partial charge in [-0.05, 0) is 6.07 Å². The Bertz CT molecular complexity index is 1360. The van der Waals surface area contributed by atoms with Crippen molar-refractivity contribution in [2.75, 3.05) is 42.7 Å². The number of H-pyrrole nitrogens is 1. The number of ether oxygens (including phenoxy) is 2. The molecule has 2 aliphatic rings. The number of halogens is 6. The van der Waals surface area contributed by atoms with Crippen molar-refractivity contribution < 1.29 is 35.8 Å². The van der Waals surface area contributed by atoms with Crippen molar-refractivity contribution in [3.8, 4) is 0 Å². The Labute approximate surface area is 216 Å². The summed E-state index contributed by atoms with van der Waals surface area (Å²) in [5, 5.41) is 9.84. The number of aromatic nitrogens is 6. The van der Waals surface area contributed by atoms with Gasteiger partial charge in [0, 0.05) is 25.5 Å². The van der Waals surface area contributed by atoms with Crippen LogP contribution in [-0.4, -0.2) is 68.9 Å². The average Bonchev–Trinajstić information content (AvgIpc) is 3.30. The lowest BCUT2D eigenvalue weighted by atomic mass is 10.1. The summed E-state index contributed by atoms with van der Waals surface area (Å²) in [7, 11) is 0. The molecule has 0 bridgehead atoms. The third kappa shape index (κ3) is 5.83. The fourth-order valence-corrected chi connectivity index (χ4v) is 4.49. The molecule has 1 N–H and O–H groups in total. The summed E-state index contributed by atoms with van der Waals surface area (Å²) in [4.78, 5) is 22.7. The third-order valence-electron chi connectivity index (χ3n) is 6.31. The van der Waals surface area contributed by atoms with Gasteiger partial charge in [0.25, 0.3) is 5.56 Å². The van der Waals surface area contributed by atoms with E-state index in [-0.39, 0.29) is 44.6 Å². The predicted octanol–water partition coefficient (Wildman–Crippen LogP) is 2.24. The second kappa shape index (κ2) is 10.4. The molecule has 3 aromatic heterocycles. The largest absolute Gasteiger partial charge is 0.423 e. The molecule has 1 atom stereocenters. The Balaban J connectivity index is 1.22. The van der Waals surface area contributed by atoms with E-state index in [1.54, 1.807) is 15.6 Å². The van der Waals surface area contributed by atoms with Gasteiger partial charge in [0.1, 0.15) is 5.56 Å². The van der Waals surface area contributed by atoms with Crippen LogP contribution >= 0.6 is 0 Å². The zero-order valence-corrected chi connectivity index (χ0v) is 20.2. The second-order valence-electron chi connectivity index (χ2n) is 8.94. The van der Waals surface area contributed by atoms with E-state index in [9.17, 15) is 31.1 Å². The van der Waals surface area contributed by atoms with Crippen molar-refractivity contribution in [1.82, 2.24) is 29.9 Å². The van der Waals surface area contributed by atoms with Crippen molar-refractivity contribution in [1.29, 1.82) is 0 Å². The van der Waals surface area contributed by atoms with Gasteiger partial charge < -0.3 is 19.3 Å². The molecule has 11 nitrogen and oxygen atoms in total. The Morgan fingerprint density at radius 3 is 2.54 bits per heavy atom. The van der Waals surface area contributed by atoms with Gasteiger partial charge in [0.15, 0.2) is 0 Å². The first kappa shape index (κ1) is 26.9. The van der Waals surface area contributed by atoms with Crippen LogP contribution in [0.3, 0.4) is 0 Å². The minimum Gasteiger partial charge on any atom is -0.377 e. The highest BCUT2D eigenvalue weighted by Crippen LogP contribution is 2.35. The van der Waals surface area contributed by atoms with Gasteiger partial charge in [0.05, 0.1) is 74.4 Å². The first-order valence-corrected chi connectivity index (χ1v) is 11.8. The third-order valence-corrected chi connectivity index (χ3v) is 6.31. The zero-order chi connectivity index (χ0) is 27.8. The minimum absolute atomic E-state index is 0.00217. The van der Waals surface area contributed by atoms with Crippen LogP contribution in [0, 0.1) is 0 Å². The molecule has 39 heavy (non-hydrogen) atoms. The molecular formula is C22H22F6N8O3. The molecule has 0 saturated carbocycles. The Hall–Kier alpha value is -3.73. The Kier molecular flexibility index (Phi) is 7.19. The Morgan fingerprint density at radius 1 is 1.05 bits per heavy atom. The van der Waals surface area contributed by atoms with Crippen molar-refractivity contribution in [3.05, 3.63) is 57.5 Å². The first-order valence-electron chi connectivity index (χ1n) is 11.8.